The van der Waals surface area contributed by atoms with Gasteiger partial charge in [-0.1, -0.05) is 0 Å². The first-order valence-electron chi connectivity index (χ1n) is 5.86. The summed E-state index contributed by atoms with van der Waals surface area (Å²) in [6.45, 7) is 1.04. The Morgan fingerprint density at radius 2 is 2.12 bits per heavy atom. The zero-order chi connectivity index (χ0) is 12.0. The Balaban J connectivity index is 1.86. The number of anilines is 2. The van der Waals surface area contributed by atoms with Gasteiger partial charge in [0.05, 0.1) is 11.3 Å². The minimum absolute atomic E-state index is 0.434. The van der Waals surface area contributed by atoms with Crippen LogP contribution >= 0.6 is 0 Å². The standard InChI is InChI=1S/C13H14N2O2/c1-15(7-8-2-3-8)9-4-5-10-11(6-9)14-13(17)12(10)16/h4-6,8H,2-3,7H2,1H3,(H,14,16,17). The molecule has 1 aromatic carbocycles. The van der Waals surface area contributed by atoms with Crippen LogP contribution in [-0.4, -0.2) is 25.3 Å². The van der Waals surface area contributed by atoms with Crippen LogP contribution < -0.4 is 10.2 Å². The van der Waals surface area contributed by atoms with Crippen LogP contribution in [0.4, 0.5) is 11.4 Å². The monoisotopic (exact) mass is 230 g/mol. The highest BCUT2D eigenvalue weighted by Crippen LogP contribution is 2.33. The quantitative estimate of drug-likeness (QED) is 0.803. The van der Waals surface area contributed by atoms with E-state index in [2.05, 4.69) is 10.2 Å². The van der Waals surface area contributed by atoms with E-state index in [1.54, 1.807) is 6.07 Å². The molecule has 1 fully saturated rings. The highest BCUT2D eigenvalue weighted by molar-refractivity contribution is 6.51. The maximum atomic E-state index is 11.4. The molecule has 3 rings (SSSR count). The first-order valence-corrected chi connectivity index (χ1v) is 5.86. The van der Waals surface area contributed by atoms with Crippen LogP contribution in [0.25, 0.3) is 0 Å². The molecule has 0 bridgehead atoms. The van der Waals surface area contributed by atoms with Gasteiger partial charge < -0.3 is 10.2 Å². The zero-order valence-electron chi connectivity index (χ0n) is 9.69. The lowest BCUT2D eigenvalue weighted by Crippen LogP contribution is -2.19. The number of carbonyl (C=O) groups excluding carboxylic acids is 2. The fourth-order valence-corrected chi connectivity index (χ4v) is 2.17. The predicted octanol–water partition coefficient (Wildman–Crippen LogP) is 1.67. The Bertz CT molecular complexity index is 506. The van der Waals surface area contributed by atoms with Crippen molar-refractivity contribution in [2.45, 2.75) is 12.8 Å². The molecule has 1 aliphatic carbocycles. The third kappa shape index (κ3) is 1.79. The molecule has 0 radical (unpaired) electrons. The Kier molecular flexibility index (Phi) is 2.18. The summed E-state index contributed by atoms with van der Waals surface area (Å²) < 4.78 is 0. The van der Waals surface area contributed by atoms with Gasteiger partial charge in [-0.2, -0.15) is 0 Å². The van der Waals surface area contributed by atoms with Crippen molar-refractivity contribution in [1.29, 1.82) is 0 Å². The molecule has 1 heterocycles. The van der Waals surface area contributed by atoms with Crippen LogP contribution in [0.15, 0.2) is 18.2 Å². The van der Waals surface area contributed by atoms with Gasteiger partial charge >= 0.3 is 0 Å². The molecule has 1 aliphatic heterocycles. The van der Waals surface area contributed by atoms with Crippen LogP contribution in [0, 0.1) is 5.92 Å². The van der Waals surface area contributed by atoms with E-state index in [0.717, 1.165) is 18.2 Å². The second-order valence-electron chi connectivity index (χ2n) is 4.84. The second kappa shape index (κ2) is 3.58. The number of benzene rings is 1. The van der Waals surface area contributed by atoms with Crippen LogP contribution in [0.2, 0.25) is 0 Å². The van der Waals surface area contributed by atoms with E-state index in [-0.39, 0.29) is 0 Å². The molecule has 2 aliphatic rings. The number of fused-ring (bicyclic) bond motifs is 1. The summed E-state index contributed by atoms with van der Waals surface area (Å²) >= 11 is 0. The van der Waals surface area contributed by atoms with Gasteiger partial charge in [0.1, 0.15) is 0 Å². The highest BCUT2D eigenvalue weighted by Gasteiger charge is 2.28. The maximum Gasteiger partial charge on any atom is 0.296 e. The van der Waals surface area contributed by atoms with Crippen LogP contribution in [0.5, 0.6) is 0 Å². The number of Topliss-reactive ketones (excluding diaryl/α,β-unsaturated/α-hetero) is 1. The van der Waals surface area contributed by atoms with Crippen molar-refractivity contribution in [2.24, 2.45) is 5.92 Å². The number of nitrogens with one attached hydrogen (secondary N) is 1. The topological polar surface area (TPSA) is 49.4 Å². The smallest absolute Gasteiger partial charge is 0.296 e. The van der Waals surface area contributed by atoms with E-state index < -0.39 is 11.7 Å². The summed E-state index contributed by atoms with van der Waals surface area (Å²) in [7, 11) is 2.04. The van der Waals surface area contributed by atoms with Crippen molar-refractivity contribution in [3.05, 3.63) is 23.8 Å². The summed E-state index contributed by atoms with van der Waals surface area (Å²) in [6.07, 6.45) is 2.62. The van der Waals surface area contributed by atoms with E-state index >= 15 is 0 Å². The van der Waals surface area contributed by atoms with Gasteiger partial charge in [-0.05, 0) is 37.0 Å². The van der Waals surface area contributed by atoms with Gasteiger partial charge in [0.25, 0.3) is 11.7 Å². The molecule has 1 amide bonds. The normalized spacial score (nSPS) is 17.9. The van der Waals surface area contributed by atoms with Crippen molar-refractivity contribution in [3.8, 4) is 0 Å². The van der Waals surface area contributed by atoms with E-state index in [1.807, 2.05) is 19.2 Å². The molecule has 1 aromatic rings. The molecule has 0 atom stereocenters. The molecule has 17 heavy (non-hydrogen) atoms. The van der Waals surface area contributed by atoms with E-state index in [1.165, 1.54) is 12.8 Å². The second-order valence-corrected chi connectivity index (χ2v) is 4.84. The molecule has 0 aromatic heterocycles. The molecule has 0 saturated heterocycles. The first kappa shape index (κ1) is 10.3. The average molecular weight is 230 g/mol. The Morgan fingerprint density at radius 1 is 1.35 bits per heavy atom. The SMILES string of the molecule is CN(CC1CC1)c1ccc2c(c1)NC(=O)C2=O. The first-order chi connectivity index (χ1) is 8.15. The van der Waals surface area contributed by atoms with Gasteiger partial charge in [-0.25, -0.2) is 0 Å². The van der Waals surface area contributed by atoms with Crippen molar-refractivity contribution in [3.63, 3.8) is 0 Å². The van der Waals surface area contributed by atoms with Gasteiger partial charge in [-0.3, -0.25) is 9.59 Å². The number of hydrogen-bond donors (Lipinski definition) is 1. The van der Waals surface area contributed by atoms with Crippen molar-refractivity contribution in [2.75, 3.05) is 23.8 Å². The van der Waals surface area contributed by atoms with Crippen molar-refractivity contribution >= 4 is 23.1 Å². The number of carbonyl (C=O) groups is 2. The number of rotatable bonds is 3. The average Bonchev–Trinajstić information content (AvgIpc) is 3.07. The summed E-state index contributed by atoms with van der Waals surface area (Å²) in [5.41, 5.74) is 2.17. The highest BCUT2D eigenvalue weighted by atomic mass is 16.2. The molecule has 1 N–H and O–H groups in total. The number of nitrogens with zero attached hydrogens (tertiary/aromatic N) is 1. The van der Waals surface area contributed by atoms with E-state index in [4.69, 9.17) is 0 Å². The summed E-state index contributed by atoms with van der Waals surface area (Å²) in [5.74, 6) is -0.150. The lowest BCUT2D eigenvalue weighted by molar-refractivity contribution is -0.112. The summed E-state index contributed by atoms with van der Waals surface area (Å²) in [5, 5.41) is 2.60. The molecule has 0 spiro atoms. The molecular weight excluding hydrogens is 216 g/mol. The number of amides is 1. The largest absolute Gasteiger partial charge is 0.374 e. The molecule has 1 saturated carbocycles. The van der Waals surface area contributed by atoms with E-state index in [9.17, 15) is 9.59 Å². The fraction of sp³-hybridized carbons (Fsp3) is 0.385. The van der Waals surface area contributed by atoms with Crippen LogP contribution in [0.3, 0.4) is 0 Å². The number of ketones is 1. The maximum absolute atomic E-state index is 11.4. The molecule has 88 valence electrons. The zero-order valence-corrected chi connectivity index (χ0v) is 9.69. The lowest BCUT2D eigenvalue weighted by atomic mass is 10.1. The molecule has 4 heteroatoms. The predicted molar refractivity (Wildman–Crippen MR) is 65.4 cm³/mol. The van der Waals surface area contributed by atoms with Crippen LogP contribution in [-0.2, 0) is 4.79 Å². The summed E-state index contributed by atoms with van der Waals surface area (Å²) in [6, 6.07) is 5.51. The van der Waals surface area contributed by atoms with Gasteiger partial charge in [-0.15, -0.1) is 0 Å². The van der Waals surface area contributed by atoms with Gasteiger partial charge in [0, 0.05) is 19.3 Å². The van der Waals surface area contributed by atoms with Crippen LogP contribution in [0.1, 0.15) is 23.2 Å². The molecule has 4 nitrogen and oxygen atoms in total. The van der Waals surface area contributed by atoms with Gasteiger partial charge in [0.15, 0.2) is 0 Å². The molecular formula is C13H14N2O2. The third-order valence-electron chi connectivity index (χ3n) is 3.37. The molecule has 0 unspecified atom stereocenters. The van der Waals surface area contributed by atoms with Crippen molar-refractivity contribution in [1.82, 2.24) is 0 Å². The minimum Gasteiger partial charge on any atom is -0.374 e. The Hall–Kier alpha value is -1.84. The third-order valence-corrected chi connectivity index (χ3v) is 3.37. The fourth-order valence-electron chi connectivity index (χ4n) is 2.17. The van der Waals surface area contributed by atoms with Gasteiger partial charge in [0.2, 0.25) is 0 Å². The number of hydrogen-bond acceptors (Lipinski definition) is 3. The van der Waals surface area contributed by atoms with E-state index in [0.29, 0.717) is 11.3 Å². The Morgan fingerprint density at radius 3 is 2.82 bits per heavy atom. The Labute approximate surface area is 99.6 Å². The lowest BCUT2D eigenvalue weighted by Gasteiger charge is -2.19. The summed E-state index contributed by atoms with van der Waals surface area (Å²) in [4.78, 5) is 24.8. The minimum atomic E-state index is -0.526. The van der Waals surface area contributed by atoms with Crippen molar-refractivity contribution < 1.29 is 9.59 Å².